The first-order valence-electron chi connectivity index (χ1n) is 6.54. The monoisotopic (exact) mass is 332 g/mol. The molecular formula is C17H17BrO2. The van der Waals surface area contributed by atoms with Gasteiger partial charge in [-0.1, -0.05) is 41.4 Å². The summed E-state index contributed by atoms with van der Waals surface area (Å²) in [6.45, 7) is 6.19. The lowest BCUT2D eigenvalue weighted by Crippen LogP contribution is -1.96. The fraction of sp³-hybridized carbons (Fsp3) is 0.235. The lowest BCUT2D eigenvalue weighted by atomic mass is 10.0. The van der Waals surface area contributed by atoms with Gasteiger partial charge < -0.3 is 4.74 Å². The Morgan fingerprint density at radius 2 is 1.80 bits per heavy atom. The summed E-state index contributed by atoms with van der Waals surface area (Å²) in [5.74, 6) is 1.72. The Balaban J connectivity index is 2.42. The first-order chi connectivity index (χ1) is 9.51. The van der Waals surface area contributed by atoms with E-state index in [9.17, 15) is 4.79 Å². The van der Waals surface area contributed by atoms with Crippen LogP contribution in [0.5, 0.6) is 11.5 Å². The molecule has 2 rings (SSSR count). The number of halogens is 1. The molecule has 0 aliphatic rings. The number of hydrogen-bond donors (Lipinski definition) is 0. The summed E-state index contributed by atoms with van der Waals surface area (Å²) in [6.07, 6.45) is 0.830. The van der Waals surface area contributed by atoms with Crippen molar-refractivity contribution in [3.63, 3.8) is 0 Å². The van der Waals surface area contributed by atoms with Crippen molar-refractivity contribution in [2.45, 2.75) is 26.7 Å². The molecule has 2 aromatic rings. The van der Waals surface area contributed by atoms with Gasteiger partial charge in [-0.2, -0.15) is 0 Å². The van der Waals surface area contributed by atoms with Crippen LogP contribution in [0.25, 0.3) is 0 Å². The van der Waals surface area contributed by atoms with Gasteiger partial charge in [0.05, 0.1) is 5.56 Å². The maximum absolute atomic E-state index is 11.2. The largest absolute Gasteiger partial charge is 0.456 e. The molecule has 2 nitrogen and oxygen atoms in total. The standard InChI is InChI=1S/C17H17BrO2/c1-11(2)15-9-14(18)5-7-17(15)20-16-6-4-12(3)8-13(16)10-19/h4-11H,1-3H3. The zero-order valence-corrected chi connectivity index (χ0v) is 13.4. The predicted molar refractivity (Wildman–Crippen MR) is 84.9 cm³/mol. The zero-order valence-electron chi connectivity index (χ0n) is 11.8. The third-order valence-corrected chi connectivity index (χ3v) is 3.60. The number of ether oxygens (including phenoxy) is 1. The second-order valence-corrected chi connectivity index (χ2v) is 6.01. The highest BCUT2D eigenvalue weighted by atomic mass is 79.9. The van der Waals surface area contributed by atoms with Gasteiger partial charge in [0.2, 0.25) is 0 Å². The number of rotatable bonds is 4. The smallest absolute Gasteiger partial charge is 0.153 e. The molecule has 0 saturated heterocycles. The van der Waals surface area contributed by atoms with Gasteiger partial charge in [0, 0.05) is 4.47 Å². The molecule has 0 spiro atoms. The third-order valence-electron chi connectivity index (χ3n) is 3.11. The predicted octanol–water partition coefficient (Wildman–Crippen LogP) is 5.49. The van der Waals surface area contributed by atoms with Crippen molar-refractivity contribution in [3.8, 4) is 11.5 Å². The maximum atomic E-state index is 11.2. The van der Waals surface area contributed by atoms with Crippen molar-refractivity contribution in [1.29, 1.82) is 0 Å². The van der Waals surface area contributed by atoms with Crippen LogP contribution >= 0.6 is 15.9 Å². The molecule has 0 radical (unpaired) electrons. The van der Waals surface area contributed by atoms with E-state index in [0.717, 1.165) is 27.6 Å². The van der Waals surface area contributed by atoms with Gasteiger partial charge in [-0.05, 0) is 48.7 Å². The van der Waals surface area contributed by atoms with Crippen molar-refractivity contribution in [2.24, 2.45) is 0 Å². The van der Waals surface area contributed by atoms with E-state index in [1.54, 1.807) is 0 Å². The summed E-state index contributed by atoms with van der Waals surface area (Å²) in [7, 11) is 0. The Labute approximate surface area is 127 Å². The Kier molecular flexibility index (Phi) is 4.61. The van der Waals surface area contributed by atoms with Gasteiger partial charge in [-0.3, -0.25) is 4.79 Å². The molecule has 3 heteroatoms. The molecule has 2 aromatic carbocycles. The van der Waals surface area contributed by atoms with Gasteiger partial charge in [-0.15, -0.1) is 0 Å². The molecule has 0 fully saturated rings. The van der Waals surface area contributed by atoms with Crippen LogP contribution < -0.4 is 4.74 Å². The van der Waals surface area contributed by atoms with Crippen LogP contribution in [0.1, 0.15) is 41.3 Å². The van der Waals surface area contributed by atoms with E-state index in [4.69, 9.17) is 4.74 Å². The van der Waals surface area contributed by atoms with Crippen molar-refractivity contribution in [3.05, 3.63) is 57.6 Å². The summed E-state index contributed by atoms with van der Waals surface area (Å²) in [4.78, 5) is 11.2. The molecule has 0 saturated carbocycles. The summed E-state index contributed by atoms with van der Waals surface area (Å²) >= 11 is 3.48. The minimum absolute atomic E-state index is 0.340. The minimum Gasteiger partial charge on any atom is -0.456 e. The first kappa shape index (κ1) is 14.8. The van der Waals surface area contributed by atoms with Gasteiger partial charge in [0.25, 0.3) is 0 Å². The molecule has 0 bridgehead atoms. The van der Waals surface area contributed by atoms with Crippen LogP contribution in [0.3, 0.4) is 0 Å². The zero-order chi connectivity index (χ0) is 14.7. The van der Waals surface area contributed by atoms with E-state index in [0.29, 0.717) is 17.2 Å². The number of carbonyl (C=O) groups excluding carboxylic acids is 1. The summed E-state index contributed by atoms with van der Waals surface area (Å²) in [5.41, 5.74) is 2.72. The van der Waals surface area contributed by atoms with E-state index in [-0.39, 0.29) is 0 Å². The van der Waals surface area contributed by atoms with E-state index >= 15 is 0 Å². The lowest BCUT2D eigenvalue weighted by molar-refractivity contribution is 0.112. The highest BCUT2D eigenvalue weighted by Gasteiger charge is 2.11. The molecule has 0 heterocycles. The van der Waals surface area contributed by atoms with Crippen LogP contribution in [-0.2, 0) is 0 Å². The minimum atomic E-state index is 0.340. The Morgan fingerprint density at radius 1 is 1.10 bits per heavy atom. The average molecular weight is 333 g/mol. The molecule has 0 aliphatic carbocycles. The van der Waals surface area contributed by atoms with Gasteiger partial charge in [0.15, 0.2) is 6.29 Å². The second-order valence-electron chi connectivity index (χ2n) is 5.10. The molecule has 20 heavy (non-hydrogen) atoms. The number of hydrogen-bond acceptors (Lipinski definition) is 2. The number of aldehydes is 1. The molecule has 0 aromatic heterocycles. The molecular weight excluding hydrogens is 316 g/mol. The maximum Gasteiger partial charge on any atom is 0.153 e. The number of aryl methyl sites for hydroxylation is 1. The normalized spacial score (nSPS) is 10.7. The van der Waals surface area contributed by atoms with Crippen LogP contribution in [-0.4, -0.2) is 6.29 Å². The van der Waals surface area contributed by atoms with E-state index in [1.807, 2.05) is 37.3 Å². The van der Waals surface area contributed by atoms with Crippen molar-refractivity contribution in [2.75, 3.05) is 0 Å². The molecule has 104 valence electrons. The number of benzene rings is 2. The summed E-state index contributed by atoms with van der Waals surface area (Å²) in [5, 5.41) is 0. The Bertz CT molecular complexity index is 633. The van der Waals surface area contributed by atoms with Crippen LogP contribution in [0.2, 0.25) is 0 Å². The highest BCUT2D eigenvalue weighted by molar-refractivity contribution is 9.10. The molecule has 0 atom stereocenters. The van der Waals surface area contributed by atoms with Gasteiger partial charge in [0.1, 0.15) is 11.5 Å². The molecule has 0 aliphatic heterocycles. The van der Waals surface area contributed by atoms with Crippen LogP contribution in [0.4, 0.5) is 0 Å². The molecule has 0 amide bonds. The van der Waals surface area contributed by atoms with E-state index in [2.05, 4.69) is 35.8 Å². The van der Waals surface area contributed by atoms with Crippen LogP contribution in [0.15, 0.2) is 40.9 Å². The fourth-order valence-electron chi connectivity index (χ4n) is 2.03. The van der Waals surface area contributed by atoms with E-state index in [1.165, 1.54) is 0 Å². The fourth-order valence-corrected chi connectivity index (χ4v) is 2.41. The SMILES string of the molecule is Cc1ccc(Oc2ccc(Br)cc2C(C)C)c(C=O)c1. The Morgan fingerprint density at radius 3 is 2.45 bits per heavy atom. The Hall–Kier alpha value is -1.61. The van der Waals surface area contributed by atoms with Crippen molar-refractivity contribution >= 4 is 22.2 Å². The highest BCUT2D eigenvalue weighted by Crippen LogP contribution is 2.34. The van der Waals surface area contributed by atoms with Crippen molar-refractivity contribution < 1.29 is 9.53 Å². The van der Waals surface area contributed by atoms with Crippen molar-refractivity contribution in [1.82, 2.24) is 0 Å². The third kappa shape index (κ3) is 3.28. The van der Waals surface area contributed by atoms with E-state index < -0.39 is 0 Å². The first-order valence-corrected chi connectivity index (χ1v) is 7.33. The summed E-state index contributed by atoms with van der Waals surface area (Å²) in [6, 6.07) is 11.5. The molecule has 0 unspecified atom stereocenters. The quantitative estimate of drug-likeness (QED) is 0.692. The van der Waals surface area contributed by atoms with Crippen LogP contribution in [0, 0.1) is 6.92 Å². The number of carbonyl (C=O) groups is 1. The van der Waals surface area contributed by atoms with Gasteiger partial charge >= 0.3 is 0 Å². The average Bonchev–Trinajstić information content (AvgIpc) is 2.42. The lowest BCUT2D eigenvalue weighted by Gasteiger charge is -2.15. The second kappa shape index (κ2) is 6.23. The molecule has 0 N–H and O–H groups in total. The summed E-state index contributed by atoms with van der Waals surface area (Å²) < 4.78 is 6.97. The topological polar surface area (TPSA) is 26.3 Å². The van der Waals surface area contributed by atoms with Gasteiger partial charge in [-0.25, -0.2) is 0 Å².